The number of nitrogens with one attached hydrogen (secondary N) is 1. The normalized spacial score (nSPS) is 19.3. The molecule has 6 rings (SSSR count). The number of para-hydroxylation sites is 1. The molecule has 0 aliphatic carbocycles. The molecular weight excluding hydrogens is 420 g/mol. The molecule has 0 radical (unpaired) electrons. The van der Waals surface area contributed by atoms with Crippen molar-refractivity contribution in [1.82, 2.24) is 9.88 Å². The second-order valence-electron chi connectivity index (χ2n) is 7.70. The molecule has 0 saturated heterocycles. The molecular formula is C21H18N4O3S2. The van der Waals surface area contributed by atoms with Crippen molar-refractivity contribution in [1.29, 1.82) is 0 Å². The van der Waals surface area contributed by atoms with Crippen LogP contribution in [0, 0.1) is 0 Å². The molecule has 0 fully saturated rings. The number of rotatable bonds is 1. The Hall–Kier alpha value is -2.78. The highest BCUT2D eigenvalue weighted by atomic mass is 32.2. The molecule has 1 amide bonds. The molecule has 9 heteroatoms. The van der Waals surface area contributed by atoms with Gasteiger partial charge in [-0.2, -0.15) is 0 Å². The first-order valence-electron chi connectivity index (χ1n) is 9.78. The third-order valence-corrected chi connectivity index (χ3v) is 8.20. The van der Waals surface area contributed by atoms with E-state index < -0.39 is 10.0 Å². The fourth-order valence-electron chi connectivity index (χ4n) is 4.39. The molecule has 0 unspecified atom stereocenters. The van der Waals surface area contributed by atoms with Gasteiger partial charge in [0.05, 0.1) is 11.4 Å². The van der Waals surface area contributed by atoms with Crippen molar-refractivity contribution in [3.8, 4) is 0 Å². The predicted molar refractivity (Wildman–Crippen MR) is 118 cm³/mol. The van der Waals surface area contributed by atoms with E-state index >= 15 is 0 Å². The van der Waals surface area contributed by atoms with Crippen molar-refractivity contribution in [3.63, 3.8) is 0 Å². The van der Waals surface area contributed by atoms with Gasteiger partial charge in [0, 0.05) is 58.7 Å². The maximum absolute atomic E-state index is 13.3. The Morgan fingerprint density at radius 3 is 2.90 bits per heavy atom. The number of sulfonamides is 1. The van der Waals surface area contributed by atoms with E-state index in [9.17, 15) is 13.2 Å². The Morgan fingerprint density at radius 1 is 1.13 bits per heavy atom. The molecule has 3 aliphatic heterocycles. The Kier molecular flexibility index (Phi) is 3.82. The second-order valence-corrected chi connectivity index (χ2v) is 10.5. The number of hydrogen-bond donors (Lipinski definition) is 1. The van der Waals surface area contributed by atoms with Crippen molar-refractivity contribution in [2.75, 3.05) is 23.7 Å². The zero-order valence-corrected chi connectivity index (χ0v) is 17.6. The van der Waals surface area contributed by atoms with Crippen LogP contribution in [0.25, 0.3) is 10.9 Å². The summed E-state index contributed by atoms with van der Waals surface area (Å²) >= 11 is 1.31. The molecule has 0 atom stereocenters. The fraction of sp³-hybridized carbons (Fsp3) is 0.238. The number of amidine groups is 1. The van der Waals surface area contributed by atoms with Crippen LogP contribution in [0.5, 0.6) is 0 Å². The molecule has 4 heterocycles. The minimum atomic E-state index is -3.39. The van der Waals surface area contributed by atoms with Crippen molar-refractivity contribution in [2.45, 2.75) is 17.9 Å². The Labute approximate surface area is 177 Å². The molecule has 0 spiro atoms. The van der Waals surface area contributed by atoms with Gasteiger partial charge in [0.1, 0.15) is 0 Å². The summed E-state index contributed by atoms with van der Waals surface area (Å²) in [6.45, 7) is 1.64. The summed E-state index contributed by atoms with van der Waals surface area (Å²) in [4.78, 5) is 21.4. The molecule has 3 aliphatic rings. The van der Waals surface area contributed by atoms with Gasteiger partial charge in [-0.15, -0.1) is 4.40 Å². The first kappa shape index (κ1) is 18.0. The van der Waals surface area contributed by atoms with Crippen LogP contribution in [0.1, 0.15) is 21.6 Å². The summed E-state index contributed by atoms with van der Waals surface area (Å²) in [5.74, 6) is 0.00605. The minimum Gasteiger partial charge on any atom is -0.358 e. The lowest BCUT2D eigenvalue weighted by molar-refractivity contribution is 0.0735. The van der Waals surface area contributed by atoms with Crippen LogP contribution < -0.4 is 4.90 Å². The summed E-state index contributed by atoms with van der Waals surface area (Å²) < 4.78 is 27.5. The summed E-state index contributed by atoms with van der Waals surface area (Å²) in [5.41, 5.74) is 5.05. The lowest BCUT2D eigenvalue weighted by Crippen LogP contribution is -2.36. The van der Waals surface area contributed by atoms with E-state index in [0.717, 1.165) is 22.5 Å². The standard InChI is InChI=1S/C21H18N4O3S2/c26-20(24-8-7-17-15(12-24)14-3-1-2-4-16(14)22-17)13-5-6-18-19(11-13)29-21-23-30(27,28)10-9-25(18)21/h1-6,11,22H,7-10,12H2. The monoisotopic (exact) mass is 438 g/mol. The van der Waals surface area contributed by atoms with Crippen LogP contribution in [0.4, 0.5) is 5.69 Å². The van der Waals surface area contributed by atoms with Crippen molar-refractivity contribution < 1.29 is 13.2 Å². The van der Waals surface area contributed by atoms with Crippen LogP contribution in [0.2, 0.25) is 0 Å². The topological polar surface area (TPSA) is 85.8 Å². The van der Waals surface area contributed by atoms with Crippen molar-refractivity contribution >= 4 is 49.5 Å². The highest BCUT2D eigenvalue weighted by Crippen LogP contribution is 2.42. The van der Waals surface area contributed by atoms with Gasteiger partial charge in [-0.25, -0.2) is 8.42 Å². The number of aromatic nitrogens is 1. The van der Waals surface area contributed by atoms with Gasteiger partial charge in [-0.1, -0.05) is 18.2 Å². The molecule has 30 heavy (non-hydrogen) atoms. The van der Waals surface area contributed by atoms with Crippen molar-refractivity contribution in [3.05, 3.63) is 59.3 Å². The summed E-state index contributed by atoms with van der Waals surface area (Å²) in [7, 11) is -3.39. The summed E-state index contributed by atoms with van der Waals surface area (Å²) in [6, 6.07) is 13.8. The minimum absolute atomic E-state index is 0.00577. The number of amides is 1. The molecule has 0 saturated carbocycles. The maximum Gasteiger partial charge on any atom is 0.257 e. The number of aromatic amines is 1. The van der Waals surface area contributed by atoms with Gasteiger partial charge >= 0.3 is 0 Å². The van der Waals surface area contributed by atoms with Gasteiger partial charge in [0.15, 0.2) is 5.17 Å². The highest BCUT2D eigenvalue weighted by Gasteiger charge is 2.34. The number of benzene rings is 2. The number of carbonyl (C=O) groups is 1. The van der Waals surface area contributed by atoms with E-state index in [1.165, 1.54) is 28.4 Å². The molecule has 2 aromatic carbocycles. The summed E-state index contributed by atoms with van der Waals surface area (Å²) in [6.07, 6.45) is 0.803. The van der Waals surface area contributed by atoms with Gasteiger partial charge < -0.3 is 14.8 Å². The maximum atomic E-state index is 13.3. The van der Waals surface area contributed by atoms with Crippen LogP contribution in [-0.2, 0) is 23.0 Å². The number of hydrogen-bond acceptors (Lipinski definition) is 5. The largest absolute Gasteiger partial charge is 0.358 e. The third-order valence-electron chi connectivity index (χ3n) is 5.89. The number of H-pyrrole nitrogens is 1. The smallest absolute Gasteiger partial charge is 0.257 e. The van der Waals surface area contributed by atoms with Gasteiger partial charge in [0.25, 0.3) is 15.9 Å². The Morgan fingerprint density at radius 2 is 2.00 bits per heavy atom. The van der Waals surface area contributed by atoms with Crippen LogP contribution >= 0.6 is 11.8 Å². The average molecular weight is 439 g/mol. The number of anilines is 1. The van der Waals surface area contributed by atoms with Crippen LogP contribution in [0.3, 0.4) is 0 Å². The van der Waals surface area contributed by atoms with Gasteiger partial charge in [-0.3, -0.25) is 4.79 Å². The van der Waals surface area contributed by atoms with E-state index in [1.54, 1.807) is 0 Å². The zero-order valence-electron chi connectivity index (χ0n) is 16.0. The first-order chi connectivity index (χ1) is 14.5. The SMILES string of the molecule is O=C(c1ccc2c(c1)SC1=NS(=O)(=O)CCN12)N1CCc2[nH]c3ccccc3c2C1. The van der Waals surface area contributed by atoms with E-state index in [4.69, 9.17) is 0 Å². The summed E-state index contributed by atoms with van der Waals surface area (Å²) in [5, 5.41) is 1.65. The van der Waals surface area contributed by atoms with E-state index in [2.05, 4.69) is 21.5 Å². The average Bonchev–Trinajstić information content (AvgIpc) is 3.28. The van der Waals surface area contributed by atoms with Crippen molar-refractivity contribution in [2.24, 2.45) is 4.40 Å². The van der Waals surface area contributed by atoms with Gasteiger partial charge in [0.2, 0.25) is 0 Å². The van der Waals surface area contributed by atoms with E-state index in [1.807, 2.05) is 40.1 Å². The van der Waals surface area contributed by atoms with Crippen LogP contribution in [-0.4, -0.2) is 48.2 Å². The van der Waals surface area contributed by atoms with E-state index in [-0.39, 0.29) is 11.7 Å². The highest BCUT2D eigenvalue weighted by molar-refractivity contribution is 8.15. The molecule has 3 aromatic rings. The number of nitrogens with zero attached hydrogens (tertiary/aromatic N) is 3. The van der Waals surface area contributed by atoms with Gasteiger partial charge in [-0.05, 0) is 36.0 Å². The molecule has 0 bridgehead atoms. The molecule has 152 valence electrons. The zero-order chi connectivity index (χ0) is 20.5. The van der Waals surface area contributed by atoms with Crippen LogP contribution in [0.15, 0.2) is 51.8 Å². The molecule has 7 nitrogen and oxygen atoms in total. The third kappa shape index (κ3) is 2.76. The van der Waals surface area contributed by atoms with E-state index in [0.29, 0.717) is 30.4 Å². The second kappa shape index (κ2) is 6.36. The number of thioether (sulfide) groups is 1. The Balaban J connectivity index is 1.30. The molecule has 1 N–H and O–H groups in total. The first-order valence-corrected chi connectivity index (χ1v) is 12.2. The Bertz CT molecular complexity index is 1360. The lowest BCUT2D eigenvalue weighted by Gasteiger charge is -2.27. The molecule has 1 aromatic heterocycles. The number of fused-ring (bicyclic) bond motifs is 6. The number of carbonyl (C=O) groups excluding carboxylic acids is 1. The predicted octanol–water partition coefficient (Wildman–Crippen LogP) is 2.98. The fourth-order valence-corrected chi connectivity index (χ4v) is 6.68. The quantitative estimate of drug-likeness (QED) is 0.631. The lowest BCUT2D eigenvalue weighted by atomic mass is 10.0.